The number of Topliss-reactive ketones (excluding diaryl/α,β-unsaturated/α-hetero) is 1. The van der Waals surface area contributed by atoms with Gasteiger partial charge in [-0.05, 0) is 49.4 Å². The van der Waals surface area contributed by atoms with E-state index in [0.29, 0.717) is 35.7 Å². The van der Waals surface area contributed by atoms with E-state index in [1.54, 1.807) is 49.4 Å². The minimum atomic E-state index is -0.510. The van der Waals surface area contributed by atoms with Gasteiger partial charge in [-0.2, -0.15) is 0 Å². The Morgan fingerprint density at radius 3 is 2.35 bits per heavy atom. The standard InChI is InChI=1S/C18H17BrO4/c1-3-16(20)12-5-8-14(9-6-12)23-18(21)15-11-13(19)7-10-17(15)22-4-2/h5-11H,3-4H2,1-2H3. The van der Waals surface area contributed by atoms with Crippen molar-refractivity contribution in [2.24, 2.45) is 0 Å². The van der Waals surface area contributed by atoms with Gasteiger partial charge in [-0.15, -0.1) is 0 Å². The van der Waals surface area contributed by atoms with Gasteiger partial charge in [0.05, 0.1) is 6.61 Å². The van der Waals surface area contributed by atoms with Crippen LogP contribution in [0.2, 0.25) is 0 Å². The summed E-state index contributed by atoms with van der Waals surface area (Å²) in [5.41, 5.74) is 0.944. The Hall–Kier alpha value is -2.14. The van der Waals surface area contributed by atoms with E-state index in [1.165, 1.54) is 0 Å². The van der Waals surface area contributed by atoms with Gasteiger partial charge in [-0.3, -0.25) is 4.79 Å². The minimum absolute atomic E-state index is 0.0495. The summed E-state index contributed by atoms with van der Waals surface area (Å²) < 4.78 is 11.6. The molecule has 0 aromatic heterocycles. The van der Waals surface area contributed by atoms with Crippen LogP contribution in [-0.4, -0.2) is 18.4 Å². The molecule has 0 aliphatic heterocycles. The molecule has 0 atom stereocenters. The smallest absolute Gasteiger partial charge is 0.347 e. The lowest BCUT2D eigenvalue weighted by atomic mass is 10.1. The van der Waals surface area contributed by atoms with E-state index in [0.717, 1.165) is 4.47 Å². The summed E-state index contributed by atoms with van der Waals surface area (Å²) in [5.74, 6) is 0.390. The van der Waals surface area contributed by atoms with Crippen LogP contribution in [0.1, 0.15) is 41.0 Å². The summed E-state index contributed by atoms with van der Waals surface area (Å²) in [5, 5.41) is 0. The third-order valence-electron chi connectivity index (χ3n) is 3.17. The molecule has 0 unspecified atom stereocenters. The zero-order valence-corrected chi connectivity index (χ0v) is 14.6. The molecule has 4 nitrogen and oxygen atoms in total. The summed E-state index contributed by atoms with van der Waals surface area (Å²) in [6.07, 6.45) is 0.439. The van der Waals surface area contributed by atoms with Crippen LogP contribution in [0.5, 0.6) is 11.5 Å². The van der Waals surface area contributed by atoms with Crippen LogP contribution >= 0.6 is 15.9 Å². The molecule has 2 rings (SSSR count). The van der Waals surface area contributed by atoms with Gasteiger partial charge in [0.15, 0.2) is 5.78 Å². The fourth-order valence-electron chi connectivity index (χ4n) is 2.02. The Bertz CT molecular complexity index is 707. The first kappa shape index (κ1) is 17.2. The van der Waals surface area contributed by atoms with Gasteiger partial charge in [0, 0.05) is 16.5 Å². The van der Waals surface area contributed by atoms with Crippen LogP contribution in [0.15, 0.2) is 46.9 Å². The monoisotopic (exact) mass is 376 g/mol. The van der Waals surface area contributed by atoms with Crippen LogP contribution in [0, 0.1) is 0 Å². The number of ketones is 1. The topological polar surface area (TPSA) is 52.6 Å². The molecule has 0 saturated carbocycles. The van der Waals surface area contributed by atoms with Gasteiger partial charge in [0.2, 0.25) is 0 Å². The highest BCUT2D eigenvalue weighted by Gasteiger charge is 2.16. The van der Waals surface area contributed by atoms with Crippen molar-refractivity contribution >= 4 is 27.7 Å². The maximum Gasteiger partial charge on any atom is 0.347 e. The number of rotatable bonds is 6. The second-order valence-corrected chi connectivity index (χ2v) is 5.68. The molecule has 120 valence electrons. The fourth-order valence-corrected chi connectivity index (χ4v) is 2.38. The quantitative estimate of drug-likeness (QED) is 0.417. The van der Waals surface area contributed by atoms with Crippen LogP contribution in [0.4, 0.5) is 0 Å². The van der Waals surface area contributed by atoms with Gasteiger partial charge in [-0.1, -0.05) is 22.9 Å². The maximum atomic E-state index is 12.3. The van der Waals surface area contributed by atoms with E-state index in [9.17, 15) is 9.59 Å². The lowest BCUT2D eigenvalue weighted by Crippen LogP contribution is -2.11. The van der Waals surface area contributed by atoms with Crippen LogP contribution in [0.3, 0.4) is 0 Å². The number of carbonyl (C=O) groups is 2. The molecular weight excluding hydrogens is 360 g/mol. The molecular formula is C18H17BrO4. The number of ether oxygens (including phenoxy) is 2. The second-order valence-electron chi connectivity index (χ2n) is 4.76. The fraction of sp³-hybridized carbons (Fsp3) is 0.222. The lowest BCUT2D eigenvalue weighted by molar-refractivity contribution is 0.0730. The Labute approximate surface area is 143 Å². The van der Waals surface area contributed by atoms with E-state index in [1.807, 2.05) is 6.92 Å². The second kappa shape index (κ2) is 7.92. The first-order chi connectivity index (χ1) is 11.0. The minimum Gasteiger partial charge on any atom is -0.493 e. The molecule has 0 spiro atoms. The van der Waals surface area contributed by atoms with Crippen molar-refractivity contribution < 1.29 is 19.1 Å². The average Bonchev–Trinajstić information content (AvgIpc) is 2.56. The van der Waals surface area contributed by atoms with Gasteiger partial charge < -0.3 is 9.47 Å². The van der Waals surface area contributed by atoms with Crippen molar-refractivity contribution in [2.45, 2.75) is 20.3 Å². The van der Waals surface area contributed by atoms with Crippen molar-refractivity contribution in [1.82, 2.24) is 0 Å². The maximum absolute atomic E-state index is 12.3. The molecule has 5 heteroatoms. The van der Waals surface area contributed by atoms with Gasteiger partial charge >= 0.3 is 5.97 Å². The Balaban J connectivity index is 2.19. The molecule has 2 aromatic rings. The van der Waals surface area contributed by atoms with Gasteiger partial charge in [0.25, 0.3) is 0 Å². The number of hydrogen-bond acceptors (Lipinski definition) is 4. The Kier molecular flexibility index (Phi) is 5.93. The number of carbonyl (C=O) groups excluding carboxylic acids is 2. The van der Waals surface area contributed by atoms with Crippen molar-refractivity contribution in [3.8, 4) is 11.5 Å². The zero-order chi connectivity index (χ0) is 16.8. The summed E-state index contributed by atoms with van der Waals surface area (Å²) in [6.45, 7) is 4.11. The number of esters is 1. The SMILES string of the molecule is CCOc1ccc(Br)cc1C(=O)Oc1ccc(C(=O)CC)cc1. The molecule has 0 bridgehead atoms. The number of halogens is 1. The number of hydrogen-bond donors (Lipinski definition) is 0. The van der Waals surface area contributed by atoms with Gasteiger partial charge in [-0.25, -0.2) is 4.79 Å². The van der Waals surface area contributed by atoms with Crippen molar-refractivity contribution in [3.63, 3.8) is 0 Å². The lowest BCUT2D eigenvalue weighted by Gasteiger charge is -2.10. The van der Waals surface area contributed by atoms with Crippen LogP contribution in [0.25, 0.3) is 0 Å². The molecule has 2 aromatic carbocycles. The van der Waals surface area contributed by atoms with Crippen LogP contribution in [-0.2, 0) is 0 Å². The molecule has 0 radical (unpaired) electrons. The molecule has 0 fully saturated rings. The van der Waals surface area contributed by atoms with Crippen LogP contribution < -0.4 is 9.47 Å². The van der Waals surface area contributed by atoms with Gasteiger partial charge in [0.1, 0.15) is 17.1 Å². The molecule has 23 heavy (non-hydrogen) atoms. The molecule has 0 saturated heterocycles. The van der Waals surface area contributed by atoms with Crippen molar-refractivity contribution in [3.05, 3.63) is 58.1 Å². The Morgan fingerprint density at radius 2 is 1.74 bits per heavy atom. The predicted molar refractivity (Wildman–Crippen MR) is 91.3 cm³/mol. The summed E-state index contributed by atoms with van der Waals surface area (Å²) in [7, 11) is 0. The van der Waals surface area contributed by atoms with E-state index in [4.69, 9.17) is 9.47 Å². The number of benzene rings is 2. The van der Waals surface area contributed by atoms with E-state index in [-0.39, 0.29) is 5.78 Å². The molecule has 0 aliphatic rings. The van der Waals surface area contributed by atoms with Crippen molar-refractivity contribution in [2.75, 3.05) is 6.61 Å². The largest absolute Gasteiger partial charge is 0.493 e. The predicted octanol–water partition coefficient (Wildman–Crippen LogP) is 4.66. The van der Waals surface area contributed by atoms with E-state index < -0.39 is 5.97 Å². The van der Waals surface area contributed by atoms with E-state index >= 15 is 0 Å². The summed E-state index contributed by atoms with van der Waals surface area (Å²) in [4.78, 5) is 23.9. The molecule has 0 amide bonds. The highest BCUT2D eigenvalue weighted by molar-refractivity contribution is 9.10. The highest BCUT2D eigenvalue weighted by atomic mass is 79.9. The molecule has 0 N–H and O–H groups in total. The third kappa shape index (κ3) is 4.42. The molecule has 0 heterocycles. The third-order valence-corrected chi connectivity index (χ3v) is 3.66. The first-order valence-electron chi connectivity index (χ1n) is 7.33. The average molecular weight is 377 g/mol. The summed E-state index contributed by atoms with van der Waals surface area (Å²) >= 11 is 3.33. The molecule has 0 aliphatic carbocycles. The van der Waals surface area contributed by atoms with E-state index in [2.05, 4.69) is 15.9 Å². The normalized spacial score (nSPS) is 10.2. The Morgan fingerprint density at radius 1 is 1.04 bits per heavy atom. The zero-order valence-electron chi connectivity index (χ0n) is 13.0. The first-order valence-corrected chi connectivity index (χ1v) is 8.12. The summed E-state index contributed by atoms with van der Waals surface area (Å²) in [6, 6.07) is 11.7. The van der Waals surface area contributed by atoms with Crippen molar-refractivity contribution in [1.29, 1.82) is 0 Å². The highest BCUT2D eigenvalue weighted by Crippen LogP contribution is 2.25.